The predicted octanol–water partition coefficient (Wildman–Crippen LogP) is 5.74. The first kappa shape index (κ1) is 18.1. The highest BCUT2D eigenvalue weighted by Gasteiger charge is 2.70. The van der Waals surface area contributed by atoms with Crippen molar-refractivity contribution in [1.29, 1.82) is 0 Å². The zero-order valence-corrected chi connectivity index (χ0v) is 11.6. The molecule has 0 saturated heterocycles. The molecule has 0 N–H and O–H groups in total. The molecule has 0 aliphatic rings. The van der Waals surface area contributed by atoms with Gasteiger partial charge in [0.05, 0.1) is 0 Å². The summed E-state index contributed by atoms with van der Waals surface area (Å²) in [5, 5.41) is 0. The summed E-state index contributed by atoms with van der Waals surface area (Å²) in [6, 6.07) is 5.29. The third-order valence-corrected chi connectivity index (χ3v) is 3.00. The summed E-state index contributed by atoms with van der Waals surface area (Å²) in [6.45, 7) is 1.67. The molecule has 22 heavy (non-hydrogen) atoms. The SMILES string of the molecule is C\C=C/C=C\C=C\C(c1ccccc1)(C(F)(F)F)C(F)(F)F. The second-order valence-corrected chi connectivity index (χ2v) is 4.44. The molecule has 1 aromatic carbocycles. The van der Waals surface area contributed by atoms with E-state index in [0.717, 1.165) is 36.4 Å². The molecule has 0 spiro atoms. The molecule has 0 nitrogen and oxygen atoms in total. The summed E-state index contributed by atoms with van der Waals surface area (Å²) in [6.07, 6.45) is -4.57. The Morgan fingerprint density at radius 1 is 0.727 bits per heavy atom. The summed E-state index contributed by atoms with van der Waals surface area (Å²) >= 11 is 0. The fraction of sp³-hybridized carbons (Fsp3) is 0.250. The number of rotatable bonds is 4. The minimum Gasteiger partial charge on any atom is -0.169 e. The van der Waals surface area contributed by atoms with Crippen LogP contribution in [-0.4, -0.2) is 12.4 Å². The third-order valence-electron chi connectivity index (χ3n) is 3.00. The van der Waals surface area contributed by atoms with E-state index in [2.05, 4.69) is 0 Å². The van der Waals surface area contributed by atoms with Gasteiger partial charge in [-0.15, -0.1) is 0 Å². The van der Waals surface area contributed by atoms with Crippen LogP contribution in [0.2, 0.25) is 0 Å². The van der Waals surface area contributed by atoms with Gasteiger partial charge in [0.15, 0.2) is 0 Å². The first-order chi connectivity index (χ1) is 10.2. The highest BCUT2D eigenvalue weighted by molar-refractivity contribution is 5.37. The average Bonchev–Trinajstić information content (AvgIpc) is 2.41. The van der Waals surface area contributed by atoms with Crippen LogP contribution in [0, 0.1) is 0 Å². The predicted molar refractivity (Wildman–Crippen MR) is 73.3 cm³/mol. The lowest BCUT2D eigenvalue weighted by molar-refractivity contribution is -0.286. The maximum atomic E-state index is 13.3. The Morgan fingerprint density at radius 3 is 1.68 bits per heavy atom. The van der Waals surface area contributed by atoms with Crippen molar-refractivity contribution >= 4 is 0 Å². The molecule has 0 aromatic heterocycles. The molecule has 1 rings (SSSR count). The summed E-state index contributed by atoms with van der Waals surface area (Å²) < 4.78 is 79.9. The molecule has 1 aromatic rings. The summed E-state index contributed by atoms with van der Waals surface area (Å²) in [5.74, 6) is 0. The van der Waals surface area contributed by atoms with Gasteiger partial charge in [-0.1, -0.05) is 66.8 Å². The quantitative estimate of drug-likeness (QED) is 0.490. The normalized spacial score (nSPS) is 14.5. The van der Waals surface area contributed by atoms with Crippen molar-refractivity contribution in [2.45, 2.75) is 24.7 Å². The Morgan fingerprint density at radius 2 is 1.23 bits per heavy atom. The smallest absolute Gasteiger partial charge is 0.169 e. The molecule has 0 fully saturated rings. The first-order valence-corrected chi connectivity index (χ1v) is 6.33. The van der Waals surface area contributed by atoms with E-state index >= 15 is 0 Å². The lowest BCUT2D eigenvalue weighted by Crippen LogP contribution is -2.52. The molecule has 120 valence electrons. The average molecular weight is 320 g/mol. The third kappa shape index (κ3) is 3.61. The van der Waals surface area contributed by atoms with E-state index in [0.29, 0.717) is 0 Å². The van der Waals surface area contributed by atoms with Crippen molar-refractivity contribution in [3.8, 4) is 0 Å². The van der Waals surface area contributed by atoms with Crippen LogP contribution >= 0.6 is 0 Å². The molecule has 0 radical (unpaired) electrons. The van der Waals surface area contributed by atoms with Gasteiger partial charge in [0.1, 0.15) is 0 Å². The Labute approximate surface area is 124 Å². The van der Waals surface area contributed by atoms with Crippen molar-refractivity contribution in [2.24, 2.45) is 0 Å². The second-order valence-electron chi connectivity index (χ2n) is 4.44. The summed E-state index contributed by atoms with van der Waals surface area (Å²) in [5.41, 5.74) is -4.91. The van der Waals surface area contributed by atoms with Crippen molar-refractivity contribution < 1.29 is 26.3 Å². The van der Waals surface area contributed by atoms with Gasteiger partial charge in [0.2, 0.25) is 5.41 Å². The van der Waals surface area contributed by atoms with Crippen LogP contribution in [0.3, 0.4) is 0 Å². The summed E-state index contributed by atoms with van der Waals surface area (Å²) in [4.78, 5) is 0. The highest BCUT2D eigenvalue weighted by Crippen LogP contribution is 2.53. The molecule has 0 aliphatic carbocycles. The fourth-order valence-corrected chi connectivity index (χ4v) is 1.91. The van der Waals surface area contributed by atoms with Gasteiger partial charge >= 0.3 is 12.4 Å². The van der Waals surface area contributed by atoms with Crippen LogP contribution < -0.4 is 0 Å². The van der Waals surface area contributed by atoms with Gasteiger partial charge in [0, 0.05) is 0 Å². The molecular formula is C16H14F6. The van der Waals surface area contributed by atoms with E-state index < -0.39 is 23.3 Å². The summed E-state index contributed by atoms with van der Waals surface area (Å²) in [7, 11) is 0. The zero-order chi connectivity index (χ0) is 16.9. The van der Waals surface area contributed by atoms with Gasteiger partial charge in [-0.25, -0.2) is 0 Å². The van der Waals surface area contributed by atoms with E-state index in [1.54, 1.807) is 13.0 Å². The fourth-order valence-electron chi connectivity index (χ4n) is 1.91. The van der Waals surface area contributed by atoms with Crippen LogP contribution in [0.5, 0.6) is 0 Å². The number of hydrogen-bond donors (Lipinski definition) is 0. The number of halogens is 6. The van der Waals surface area contributed by atoms with E-state index in [-0.39, 0.29) is 6.08 Å². The van der Waals surface area contributed by atoms with Crippen LogP contribution in [-0.2, 0) is 5.41 Å². The molecule has 0 atom stereocenters. The van der Waals surface area contributed by atoms with E-state index in [9.17, 15) is 26.3 Å². The van der Waals surface area contributed by atoms with E-state index in [4.69, 9.17) is 0 Å². The van der Waals surface area contributed by atoms with Crippen molar-refractivity contribution in [1.82, 2.24) is 0 Å². The second kappa shape index (κ2) is 6.85. The molecule has 0 aliphatic heterocycles. The Hall–Kier alpha value is -1.98. The highest BCUT2D eigenvalue weighted by atomic mass is 19.4. The number of hydrogen-bond acceptors (Lipinski definition) is 0. The first-order valence-electron chi connectivity index (χ1n) is 6.33. The molecule has 0 amide bonds. The van der Waals surface area contributed by atoms with Gasteiger partial charge in [0.25, 0.3) is 0 Å². The van der Waals surface area contributed by atoms with Gasteiger partial charge in [-0.2, -0.15) is 26.3 Å². The number of allylic oxidation sites excluding steroid dienone is 6. The van der Waals surface area contributed by atoms with Crippen LogP contribution in [0.1, 0.15) is 12.5 Å². The van der Waals surface area contributed by atoms with Crippen molar-refractivity contribution in [2.75, 3.05) is 0 Å². The molecule has 0 bridgehead atoms. The van der Waals surface area contributed by atoms with Crippen molar-refractivity contribution in [3.05, 3.63) is 72.4 Å². The topological polar surface area (TPSA) is 0 Å². The lowest BCUT2D eigenvalue weighted by atomic mass is 9.78. The number of benzene rings is 1. The van der Waals surface area contributed by atoms with Crippen LogP contribution in [0.4, 0.5) is 26.3 Å². The minimum absolute atomic E-state index is 0.141. The maximum absolute atomic E-state index is 13.3. The Balaban J connectivity index is 3.48. The van der Waals surface area contributed by atoms with Crippen molar-refractivity contribution in [3.63, 3.8) is 0 Å². The van der Waals surface area contributed by atoms with Gasteiger partial charge in [-0.3, -0.25) is 0 Å². The molecule has 0 saturated carbocycles. The lowest BCUT2D eigenvalue weighted by Gasteiger charge is -2.35. The standard InChI is InChI=1S/C16H14F6/c1-2-3-4-5-9-12-14(15(17,18)19,16(20,21)22)13-10-7-6-8-11-13/h2-12H,1H3/b3-2-,5-4-,12-9+. The largest absolute Gasteiger partial charge is 0.410 e. The molecule has 0 unspecified atom stereocenters. The Kier molecular flexibility index (Phi) is 5.63. The van der Waals surface area contributed by atoms with Crippen LogP contribution in [0.25, 0.3) is 0 Å². The number of alkyl halides is 6. The molecular weight excluding hydrogens is 306 g/mol. The minimum atomic E-state index is -5.52. The monoisotopic (exact) mass is 320 g/mol. The van der Waals surface area contributed by atoms with Gasteiger partial charge < -0.3 is 0 Å². The maximum Gasteiger partial charge on any atom is 0.410 e. The Bertz CT molecular complexity index is 532. The molecule has 6 heteroatoms. The molecule has 0 heterocycles. The zero-order valence-electron chi connectivity index (χ0n) is 11.6. The van der Waals surface area contributed by atoms with Crippen LogP contribution in [0.15, 0.2) is 66.8 Å². The van der Waals surface area contributed by atoms with E-state index in [1.165, 1.54) is 18.2 Å². The van der Waals surface area contributed by atoms with E-state index in [1.807, 2.05) is 0 Å². The van der Waals surface area contributed by atoms with Gasteiger partial charge in [-0.05, 0) is 12.5 Å².